The number of phosphoric acid groups is 3. The molecular weight excluding hydrogens is 509 g/mol. The van der Waals surface area contributed by atoms with E-state index in [-0.39, 0.29) is 86.5 Å². The number of aliphatic hydroxyl groups excluding tert-OH is 1. The van der Waals surface area contributed by atoms with E-state index in [1.54, 1.807) is 6.92 Å². The molecule has 23 heteroatoms. The third-order valence-electron chi connectivity index (χ3n) is 3.46. The Morgan fingerprint density at radius 3 is 2.21 bits per heavy atom. The third-order valence-corrected chi connectivity index (χ3v) is 7.55. The van der Waals surface area contributed by atoms with Gasteiger partial charge in [-0.1, -0.05) is 12.2 Å². The van der Waals surface area contributed by atoms with Crippen molar-refractivity contribution in [1.82, 2.24) is 9.55 Å². The van der Waals surface area contributed by atoms with E-state index < -0.39 is 54.2 Å². The maximum atomic E-state index is 12.0. The standard InChI is InChI=1S/C10H17N2O13P3S.4Li/c1-5-3-12(10(14)11-9(5)29)8-2-6(13)7(23-8)4-22-27(18,19)25-28(20,21)24-26(15,16)17;;;;/h3,6-8,13H,2,4H2,1H3,(H,18,19)(H,20,21)(H,11,14,29)(H2,15,16,17);;;;/q;4*+1/p-4. The van der Waals surface area contributed by atoms with Crippen LogP contribution >= 0.6 is 35.7 Å². The minimum atomic E-state index is -6.10. The van der Waals surface area contributed by atoms with Crippen LogP contribution in [0.25, 0.3) is 0 Å². The zero-order valence-corrected chi connectivity index (χ0v) is 21.8. The molecule has 15 nitrogen and oxygen atoms in total. The van der Waals surface area contributed by atoms with E-state index in [4.69, 9.17) is 17.0 Å². The zero-order chi connectivity index (χ0) is 22.2. The van der Waals surface area contributed by atoms with E-state index in [1.807, 2.05) is 0 Å². The number of nitrogens with zero attached hydrogens (tertiary/aromatic N) is 1. The van der Waals surface area contributed by atoms with Crippen LogP contribution in [-0.2, 0) is 31.6 Å². The summed E-state index contributed by atoms with van der Waals surface area (Å²) < 4.78 is 50.1. The van der Waals surface area contributed by atoms with Crippen molar-refractivity contribution in [3.05, 3.63) is 26.9 Å². The molecule has 2 N–H and O–H groups in total. The molecule has 33 heavy (non-hydrogen) atoms. The summed E-state index contributed by atoms with van der Waals surface area (Å²) in [6, 6.07) is 0. The molecule has 1 saturated heterocycles. The molecule has 166 valence electrons. The molecule has 0 saturated carbocycles. The first-order chi connectivity index (χ1) is 13.1. The number of H-pyrrole nitrogens is 1. The molecule has 0 bridgehead atoms. The Hall–Kier alpha value is 1.82. The number of aryl methyl sites for hydroxylation is 1. The van der Waals surface area contributed by atoms with Crippen molar-refractivity contribution in [3.63, 3.8) is 0 Å². The van der Waals surface area contributed by atoms with Gasteiger partial charge in [-0.2, -0.15) is 0 Å². The topological polar surface area (TPSA) is 238 Å². The van der Waals surface area contributed by atoms with Crippen LogP contribution in [0.4, 0.5) is 0 Å². The average molecular weight is 522 g/mol. The first-order valence-corrected chi connectivity index (χ1v) is 12.2. The number of aromatic nitrogens is 2. The van der Waals surface area contributed by atoms with Crippen LogP contribution in [0.5, 0.6) is 0 Å². The number of nitrogens with one attached hydrogen (secondary N) is 1. The molecule has 1 aliphatic rings. The van der Waals surface area contributed by atoms with E-state index in [2.05, 4.69) is 18.1 Å². The van der Waals surface area contributed by atoms with Gasteiger partial charge in [0.15, 0.2) is 0 Å². The summed E-state index contributed by atoms with van der Waals surface area (Å²) in [5.41, 5.74) is -0.128. The van der Waals surface area contributed by atoms with Crippen molar-refractivity contribution < 1.29 is 132 Å². The number of rotatable bonds is 8. The summed E-state index contributed by atoms with van der Waals surface area (Å²) in [5.74, 6) is 0. The molecule has 0 amide bonds. The summed E-state index contributed by atoms with van der Waals surface area (Å²) >= 11 is 4.91. The Bertz CT molecular complexity index is 1030. The summed E-state index contributed by atoms with van der Waals surface area (Å²) in [6.45, 7) is 0.652. The van der Waals surface area contributed by atoms with E-state index in [0.29, 0.717) is 5.56 Å². The number of aromatic amines is 1. The number of aliphatic hydroxyl groups is 1. The van der Waals surface area contributed by atoms with Crippen molar-refractivity contribution in [2.45, 2.75) is 31.8 Å². The van der Waals surface area contributed by atoms with Crippen LogP contribution in [0.1, 0.15) is 18.2 Å². The average Bonchev–Trinajstić information content (AvgIpc) is 2.86. The molecule has 5 atom stereocenters. The fourth-order valence-electron chi connectivity index (χ4n) is 2.28. The number of hydrogen-bond donors (Lipinski definition) is 2. The quantitative estimate of drug-likeness (QED) is 0.183. The van der Waals surface area contributed by atoms with E-state index in [1.165, 1.54) is 6.20 Å². The Morgan fingerprint density at radius 1 is 1.15 bits per heavy atom. The summed E-state index contributed by atoms with van der Waals surface area (Å²) in [5, 5.41) is 9.97. The fraction of sp³-hybridized carbons (Fsp3) is 0.600. The first kappa shape index (κ1) is 39.3. The van der Waals surface area contributed by atoms with Crippen molar-refractivity contribution >= 4 is 35.7 Å². The molecule has 1 aliphatic heterocycles. The molecule has 1 aromatic rings. The maximum absolute atomic E-state index is 12.0. The molecule has 0 aromatic carbocycles. The van der Waals surface area contributed by atoms with Gasteiger partial charge in [-0.15, -0.1) is 0 Å². The van der Waals surface area contributed by atoms with Gasteiger partial charge in [-0.3, -0.25) is 23.0 Å². The second-order valence-electron chi connectivity index (χ2n) is 5.71. The summed E-state index contributed by atoms with van der Waals surface area (Å²) in [6.07, 6.45) is -2.48. The molecule has 5 unspecified atom stereocenters. The molecule has 0 spiro atoms. The summed E-state index contributed by atoms with van der Waals surface area (Å²) in [7, 11) is -17.9. The van der Waals surface area contributed by atoms with Gasteiger partial charge in [-0.25, -0.2) is 9.11 Å². The molecule has 2 rings (SSSR count). The number of ether oxygens (including phenoxy) is 1. The smallest absolute Gasteiger partial charge is 0.790 e. The SMILES string of the molecule is Cc1cn(C2CC(O)C(COP(=O)([O-])OP(=O)([O-])OP(=O)([O-])[O-])O2)c(=O)[nH]c1=S.[Li+].[Li+].[Li+].[Li+]. The molecule has 1 aromatic heterocycles. The minimum absolute atomic E-state index is 0. The normalized spacial score (nSPS) is 23.5. The Labute approximate surface area is 240 Å². The van der Waals surface area contributed by atoms with Crippen molar-refractivity contribution in [1.29, 1.82) is 0 Å². The van der Waals surface area contributed by atoms with Crippen molar-refractivity contribution in [3.8, 4) is 0 Å². The van der Waals surface area contributed by atoms with Gasteiger partial charge in [0.25, 0.3) is 15.6 Å². The fourth-order valence-corrected chi connectivity index (χ4v) is 5.29. The molecule has 2 heterocycles. The van der Waals surface area contributed by atoms with Crippen LogP contribution in [-0.4, -0.2) is 33.5 Å². The number of hydrogen-bond acceptors (Lipinski definition) is 14. The van der Waals surface area contributed by atoms with Gasteiger partial charge in [0.2, 0.25) is 0 Å². The zero-order valence-electron chi connectivity index (χ0n) is 18.3. The van der Waals surface area contributed by atoms with Gasteiger partial charge in [0.1, 0.15) is 17.0 Å². The largest absolute Gasteiger partial charge is 1.00 e. The monoisotopic (exact) mass is 522 g/mol. The van der Waals surface area contributed by atoms with Crippen LogP contribution < -0.4 is 101 Å². The van der Waals surface area contributed by atoms with Crippen LogP contribution in [0, 0.1) is 11.6 Å². The van der Waals surface area contributed by atoms with Crippen LogP contribution in [0.2, 0.25) is 0 Å². The van der Waals surface area contributed by atoms with Crippen molar-refractivity contribution in [2.24, 2.45) is 0 Å². The predicted octanol–water partition coefficient (Wildman–Crippen LogP) is -14.3. The van der Waals surface area contributed by atoms with E-state index >= 15 is 0 Å². The summed E-state index contributed by atoms with van der Waals surface area (Å²) in [4.78, 5) is 57.5. The second-order valence-corrected chi connectivity index (χ2v) is 10.4. The molecule has 0 radical (unpaired) electrons. The second kappa shape index (κ2) is 15.3. The minimum Gasteiger partial charge on any atom is -0.790 e. The molecule has 0 aliphatic carbocycles. The van der Waals surface area contributed by atoms with Crippen LogP contribution in [0.3, 0.4) is 0 Å². The Kier molecular flexibility index (Phi) is 18.2. The molecule has 1 fully saturated rings. The predicted molar refractivity (Wildman–Crippen MR) is 86.1 cm³/mol. The van der Waals surface area contributed by atoms with Gasteiger partial charge < -0.3 is 38.5 Å². The van der Waals surface area contributed by atoms with Gasteiger partial charge >= 0.3 is 81.1 Å². The van der Waals surface area contributed by atoms with Gasteiger partial charge in [0, 0.05) is 18.2 Å². The van der Waals surface area contributed by atoms with Crippen LogP contribution in [0.15, 0.2) is 11.0 Å². The first-order valence-electron chi connectivity index (χ1n) is 7.45. The van der Waals surface area contributed by atoms with Gasteiger partial charge in [0.05, 0.1) is 20.5 Å². The maximum Gasteiger partial charge on any atom is 1.00 e. The van der Waals surface area contributed by atoms with Crippen molar-refractivity contribution in [2.75, 3.05) is 6.61 Å². The molecular formula is C10H13Li4N2O13P3S. The number of phosphoric ester groups is 1. The van der Waals surface area contributed by atoms with Gasteiger partial charge in [-0.05, 0) is 6.92 Å². The Balaban J connectivity index is -0.00000225. The van der Waals surface area contributed by atoms with E-state index in [0.717, 1.165) is 4.57 Å². The Morgan fingerprint density at radius 2 is 1.70 bits per heavy atom. The third kappa shape index (κ3) is 12.8. The van der Waals surface area contributed by atoms with E-state index in [9.17, 15) is 43.2 Å².